The minimum absolute atomic E-state index is 0.229. The molecule has 0 saturated carbocycles. The lowest BCUT2D eigenvalue weighted by atomic mass is 10.2. The monoisotopic (exact) mass is 226 g/mol. The lowest BCUT2D eigenvalue weighted by Crippen LogP contribution is -2.39. The molecule has 2 rings (SSSR count). The molecule has 0 N–H and O–H groups in total. The van der Waals surface area contributed by atoms with Crippen LogP contribution in [-0.2, 0) is 0 Å². The van der Waals surface area contributed by atoms with Crippen LogP contribution in [0.1, 0.15) is 17.0 Å². The standard InChI is InChI=1S/C14H14N2O/c1-11-7-6-8-12(2)16(11)15-14(17)13-9-4-3-5-10-13/h3-10H,1-2H3. The van der Waals surface area contributed by atoms with Crippen LogP contribution >= 0.6 is 0 Å². The fraction of sp³-hybridized carbons (Fsp3) is 0.143. The number of hydrogen-bond acceptors (Lipinski definition) is 2. The molecule has 17 heavy (non-hydrogen) atoms. The molecule has 86 valence electrons. The first kappa shape index (κ1) is 11.3. The fourth-order valence-electron chi connectivity index (χ4n) is 1.63. The van der Waals surface area contributed by atoms with E-state index in [-0.39, 0.29) is 5.90 Å². The highest BCUT2D eigenvalue weighted by Gasteiger charge is 2.08. The second kappa shape index (κ2) is 4.78. The van der Waals surface area contributed by atoms with Crippen molar-refractivity contribution >= 4 is 5.90 Å². The van der Waals surface area contributed by atoms with E-state index in [4.69, 9.17) is 0 Å². The zero-order valence-electron chi connectivity index (χ0n) is 9.92. The molecule has 2 aromatic rings. The SMILES string of the molecule is Cc1cccc(C)[n+]1/N=C(\[O-])c1ccccc1. The summed E-state index contributed by atoms with van der Waals surface area (Å²) in [6.07, 6.45) is 0. The van der Waals surface area contributed by atoms with E-state index >= 15 is 0 Å². The smallest absolute Gasteiger partial charge is 0.211 e. The van der Waals surface area contributed by atoms with E-state index in [1.54, 1.807) is 16.8 Å². The second-order valence-corrected chi connectivity index (χ2v) is 3.89. The Hall–Kier alpha value is -2.16. The Kier molecular flexibility index (Phi) is 3.19. The summed E-state index contributed by atoms with van der Waals surface area (Å²) in [7, 11) is 0. The molecule has 1 aromatic carbocycles. The molecule has 1 heterocycles. The summed E-state index contributed by atoms with van der Waals surface area (Å²) in [6.45, 7) is 3.85. The van der Waals surface area contributed by atoms with Gasteiger partial charge in [0.2, 0.25) is 11.4 Å². The number of rotatable bonds is 2. The highest BCUT2D eigenvalue weighted by atomic mass is 16.3. The summed E-state index contributed by atoms with van der Waals surface area (Å²) in [6, 6.07) is 14.9. The number of nitrogens with zero attached hydrogens (tertiary/aromatic N) is 2. The van der Waals surface area contributed by atoms with Crippen LogP contribution < -0.4 is 9.78 Å². The summed E-state index contributed by atoms with van der Waals surface area (Å²) in [5.74, 6) is -0.229. The van der Waals surface area contributed by atoms with Crippen molar-refractivity contribution in [3.63, 3.8) is 0 Å². The van der Waals surface area contributed by atoms with Crippen LogP contribution in [0.2, 0.25) is 0 Å². The van der Waals surface area contributed by atoms with Gasteiger partial charge in [0.25, 0.3) is 0 Å². The molecular formula is C14H14N2O. The average Bonchev–Trinajstić information content (AvgIpc) is 2.35. The van der Waals surface area contributed by atoms with Crippen molar-refractivity contribution in [2.75, 3.05) is 0 Å². The van der Waals surface area contributed by atoms with Gasteiger partial charge in [-0.15, -0.1) is 0 Å². The molecule has 0 saturated heterocycles. The van der Waals surface area contributed by atoms with E-state index in [1.165, 1.54) is 0 Å². The predicted molar refractivity (Wildman–Crippen MR) is 64.5 cm³/mol. The topological polar surface area (TPSA) is 39.3 Å². The zero-order valence-corrected chi connectivity index (χ0v) is 9.92. The summed E-state index contributed by atoms with van der Waals surface area (Å²) in [5.41, 5.74) is 2.48. The van der Waals surface area contributed by atoms with Crippen LogP contribution in [0.15, 0.2) is 53.6 Å². The Labute approximate surface area is 101 Å². The van der Waals surface area contributed by atoms with Gasteiger partial charge in [-0.1, -0.05) is 35.0 Å². The molecule has 0 spiro atoms. The molecular weight excluding hydrogens is 212 g/mol. The first-order valence-electron chi connectivity index (χ1n) is 5.48. The lowest BCUT2D eigenvalue weighted by Gasteiger charge is -2.07. The zero-order chi connectivity index (χ0) is 12.3. The van der Waals surface area contributed by atoms with Crippen LogP contribution in [0, 0.1) is 13.8 Å². The van der Waals surface area contributed by atoms with E-state index in [2.05, 4.69) is 5.10 Å². The molecule has 0 fully saturated rings. The van der Waals surface area contributed by atoms with E-state index in [0.717, 1.165) is 11.4 Å². The van der Waals surface area contributed by atoms with Crippen molar-refractivity contribution in [2.24, 2.45) is 5.10 Å². The fourth-order valence-corrected chi connectivity index (χ4v) is 1.63. The normalized spacial score (nSPS) is 11.5. The second-order valence-electron chi connectivity index (χ2n) is 3.89. The summed E-state index contributed by atoms with van der Waals surface area (Å²) in [4.78, 5) is 0. The van der Waals surface area contributed by atoms with Crippen LogP contribution in [0.3, 0.4) is 0 Å². The Bertz CT molecular complexity index is 527. The summed E-state index contributed by atoms with van der Waals surface area (Å²) < 4.78 is 1.66. The van der Waals surface area contributed by atoms with Gasteiger partial charge in [-0.3, -0.25) is 0 Å². The third-order valence-corrected chi connectivity index (χ3v) is 2.55. The average molecular weight is 226 g/mol. The van der Waals surface area contributed by atoms with Crippen LogP contribution in [-0.4, -0.2) is 5.90 Å². The maximum atomic E-state index is 11.9. The lowest BCUT2D eigenvalue weighted by molar-refractivity contribution is -0.693. The molecule has 0 bridgehead atoms. The number of pyridine rings is 1. The maximum Gasteiger partial charge on any atom is 0.211 e. The van der Waals surface area contributed by atoms with Gasteiger partial charge in [0.05, 0.1) is 5.90 Å². The molecule has 0 aliphatic rings. The predicted octanol–water partition coefficient (Wildman–Crippen LogP) is 1.16. The number of aromatic nitrogens is 1. The molecule has 3 nitrogen and oxygen atoms in total. The highest BCUT2D eigenvalue weighted by molar-refractivity contribution is 5.89. The number of hydrogen-bond donors (Lipinski definition) is 0. The van der Waals surface area contributed by atoms with E-state index in [9.17, 15) is 5.11 Å². The highest BCUT2D eigenvalue weighted by Crippen LogP contribution is 1.98. The quantitative estimate of drug-likeness (QED) is 0.430. The van der Waals surface area contributed by atoms with Gasteiger partial charge in [-0.25, -0.2) is 0 Å². The Morgan fingerprint density at radius 2 is 1.53 bits per heavy atom. The van der Waals surface area contributed by atoms with Gasteiger partial charge in [-0.2, -0.15) is 0 Å². The third-order valence-electron chi connectivity index (χ3n) is 2.55. The van der Waals surface area contributed by atoms with E-state index in [1.807, 2.05) is 50.2 Å². The molecule has 0 radical (unpaired) electrons. The largest absolute Gasteiger partial charge is 0.854 e. The van der Waals surface area contributed by atoms with Crippen LogP contribution in [0.4, 0.5) is 0 Å². The number of aryl methyl sites for hydroxylation is 2. The minimum Gasteiger partial charge on any atom is -0.854 e. The van der Waals surface area contributed by atoms with Crippen molar-refractivity contribution in [3.05, 3.63) is 65.5 Å². The maximum absolute atomic E-state index is 11.9. The number of benzene rings is 1. The molecule has 1 aromatic heterocycles. The summed E-state index contributed by atoms with van der Waals surface area (Å²) >= 11 is 0. The molecule has 3 heteroatoms. The van der Waals surface area contributed by atoms with E-state index in [0.29, 0.717) is 5.56 Å². The molecule has 0 aliphatic heterocycles. The molecule has 0 atom stereocenters. The molecule has 0 aliphatic carbocycles. The minimum atomic E-state index is -0.229. The van der Waals surface area contributed by atoms with Crippen molar-refractivity contribution in [1.82, 2.24) is 0 Å². The van der Waals surface area contributed by atoms with Crippen LogP contribution in [0.5, 0.6) is 0 Å². The van der Waals surface area contributed by atoms with Crippen molar-refractivity contribution in [3.8, 4) is 0 Å². The molecule has 0 amide bonds. The van der Waals surface area contributed by atoms with Crippen molar-refractivity contribution in [2.45, 2.75) is 13.8 Å². The Morgan fingerprint density at radius 1 is 0.941 bits per heavy atom. The first-order valence-corrected chi connectivity index (χ1v) is 5.48. The third kappa shape index (κ3) is 2.50. The van der Waals surface area contributed by atoms with Gasteiger partial charge < -0.3 is 5.11 Å². The van der Waals surface area contributed by atoms with Crippen molar-refractivity contribution in [1.29, 1.82) is 0 Å². The van der Waals surface area contributed by atoms with Gasteiger partial charge in [0.1, 0.15) is 0 Å². The first-order chi connectivity index (χ1) is 8.18. The Morgan fingerprint density at radius 3 is 2.12 bits per heavy atom. The van der Waals surface area contributed by atoms with E-state index < -0.39 is 0 Å². The summed E-state index contributed by atoms with van der Waals surface area (Å²) in [5, 5.41) is 16.0. The van der Waals surface area contributed by atoms with Gasteiger partial charge >= 0.3 is 0 Å². The van der Waals surface area contributed by atoms with Gasteiger partial charge in [0, 0.05) is 26.0 Å². The van der Waals surface area contributed by atoms with Crippen molar-refractivity contribution < 1.29 is 9.78 Å². The Balaban J connectivity index is 2.43. The molecule has 0 unspecified atom stereocenters. The van der Waals surface area contributed by atoms with Crippen LogP contribution in [0.25, 0.3) is 0 Å². The van der Waals surface area contributed by atoms with Gasteiger partial charge in [0.15, 0.2) is 0 Å². The van der Waals surface area contributed by atoms with Gasteiger partial charge in [-0.05, 0) is 16.7 Å².